The Morgan fingerprint density at radius 2 is 1.61 bits per heavy atom. The minimum atomic E-state index is -0.884. The van der Waals surface area contributed by atoms with Gasteiger partial charge in [0.2, 0.25) is 11.8 Å². The summed E-state index contributed by atoms with van der Waals surface area (Å²) in [5.74, 6) is 4.47. The summed E-state index contributed by atoms with van der Waals surface area (Å²) >= 11 is 0. The molecule has 5 N–H and O–H groups in total. The Hall–Kier alpha value is -4.28. The van der Waals surface area contributed by atoms with Crippen LogP contribution in [0.3, 0.4) is 0 Å². The average molecular weight is 561 g/mol. The van der Waals surface area contributed by atoms with Gasteiger partial charge in [-0.25, -0.2) is 9.80 Å². The first kappa shape index (κ1) is 31.3. The molecule has 218 valence electrons. The zero-order valence-corrected chi connectivity index (χ0v) is 24.1. The third-order valence-electron chi connectivity index (χ3n) is 6.52. The van der Waals surface area contributed by atoms with Crippen LogP contribution in [-0.2, 0) is 27.4 Å². The van der Waals surface area contributed by atoms with Crippen LogP contribution >= 0.6 is 0 Å². The Kier molecular flexibility index (Phi) is 11.4. The fraction of sp³-hybridized carbons (Fsp3) is 0.355. The number of rotatable bonds is 12. The number of hydrogen-bond donors (Lipinski definition) is 4. The Morgan fingerprint density at radius 1 is 0.927 bits per heavy atom. The number of carbonyl (C=O) groups is 3. The lowest BCUT2D eigenvalue weighted by atomic mass is 9.86. The van der Waals surface area contributed by atoms with Crippen molar-refractivity contribution in [2.75, 3.05) is 6.54 Å². The number of benzene rings is 2. The largest absolute Gasteiger partial charge is 0.426 e. The summed E-state index contributed by atoms with van der Waals surface area (Å²) in [6.45, 7) is 7.95. The maximum absolute atomic E-state index is 13.4. The van der Waals surface area contributed by atoms with E-state index in [1.54, 1.807) is 6.20 Å². The molecule has 0 fully saturated rings. The maximum Gasteiger partial charge on any atom is 0.426 e. The molecule has 3 amide bonds. The van der Waals surface area contributed by atoms with Crippen molar-refractivity contribution in [2.45, 2.75) is 59.2 Å². The molecule has 1 heterocycles. The van der Waals surface area contributed by atoms with Gasteiger partial charge in [-0.2, -0.15) is 5.90 Å². The highest BCUT2D eigenvalue weighted by atomic mass is 16.7. The molecule has 0 saturated carbocycles. The first-order valence-corrected chi connectivity index (χ1v) is 13.6. The highest BCUT2D eigenvalue weighted by Gasteiger charge is 2.34. The van der Waals surface area contributed by atoms with Crippen LogP contribution in [0.4, 0.5) is 4.79 Å². The number of pyridine rings is 1. The maximum atomic E-state index is 13.4. The van der Waals surface area contributed by atoms with Crippen molar-refractivity contribution in [3.05, 3.63) is 90.1 Å². The first-order valence-electron chi connectivity index (χ1n) is 13.6. The van der Waals surface area contributed by atoms with Gasteiger partial charge in [0.25, 0.3) is 0 Å². The summed E-state index contributed by atoms with van der Waals surface area (Å²) in [4.78, 5) is 45.9. The molecule has 0 radical (unpaired) electrons. The van der Waals surface area contributed by atoms with Gasteiger partial charge in [0.15, 0.2) is 0 Å². The summed E-state index contributed by atoms with van der Waals surface area (Å²) < 4.78 is 0. The van der Waals surface area contributed by atoms with E-state index in [0.29, 0.717) is 25.9 Å². The molecule has 2 unspecified atom stereocenters. The number of aromatic nitrogens is 1. The monoisotopic (exact) mass is 560 g/mol. The van der Waals surface area contributed by atoms with E-state index in [-0.39, 0.29) is 17.9 Å². The fourth-order valence-electron chi connectivity index (χ4n) is 4.48. The van der Waals surface area contributed by atoms with Crippen LogP contribution in [0.15, 0.2) is 79.0 Å². The topological polar surface area (TPSA) is 139 Å². The van der Waals surface area contributed by atoms with Gasteiger partial charge in [-0.3, -0.25) is 20.0 Å². The average Bonchev–Trinajstić information content (AvgIpc) is 2.94. The molecule has 0 aliphatic carbocycles. The normalized spacial score (nSPS) is 12.7. The number of hydrazine groups is 1. The Balaban J connectivity index is 1.74. The second kappa shape index (κ2) is 14.9. The predicted molar refractivity (Wildman–Crippen MR) is 158 cm³/mol. The molecule has 0 spiro atoms. The standard InChI is InChI=1S/C31H40N6O4/c1-22(38)36-37(21-24-13-15-25(16-14-24)27-12-8-9-18-33-27)19-17-26(20-23-10-6-5-7-11-23)34-29(39)28(31(2,3)4)35-30(40)41-32/h5-16,18,26,28H,17,19-21,32H2,1-4H3,(H,34,39)(H,35,40)(H,36,38). The van der Waals surface area contributed by atoms with Crippen LogP contribution in [0.2, 0.25) is 0 Å². The summed E-state index contributed by atoms with van der Waals surface area (Å²) in [7, 11) is 0. The highest BCUT2D eigenvalue weighted by molar-refractivity contribution is 5.86. The molecule has 10 heteroatoms. The third-order valence-corrected chi connectivity index (χ3v) is 6.52. The second-order valence-electron chi connectivity index (χ2n) is 11.0. The summed E-state index contributed by atoms with van der Waals surface area (Å²) in [5, 5.41) is 7.49. The third kappa shape index (κ3) is 10.3. The lowest BCUT2D eigenvalue weighted by molar-refractivity contribution is -0.127. The molecule has 3 aromatic rings. The molecule has 1 aromatic heterocycles. The molecule has 41 heavy (non-hydrogen) atoms. The molecule has 0 bridgehead atoms. The summed E-state index contributed by atoms with van der Waals surface area (Å²) in [5.41, 5.74) is 6.27. The van der Waals surface area contributed by atoms with Crippen molar-refractivity contribution < 1.29 is 19.2 Å². The molecule has 0 aliphatic rings. The number of nitrogens with two attached hydrogens (primary N) is 1. The Labute approximate surface area is 241 Å². The van der Waals surface area contributed by atoms with E-state index in [2.05, 4.69) is 25.9 Å². The molecular formula is C31H40N6O4. The van der Waals surface area contributed by atoms with Crippen molar-refractivity contribution in [1.82, 2.24) is 26.1 Å². The van der Waals surface area contributed by atoms with Crippen LogP contribution in [0.5, 0.6) is 0 Å². The molecule has 3 rings (SSSR count). The lowest BCUT2D eigenvalue weighted by Gasteiger charge is -2.32. The lowest BCUT2D eigenvalue weighted by Crippen LogP contribution is -2.56. The molecule has 10 nitrogen and oxygen atoms in total. The Morgan fingerprint density at radius 3 is 2.20 bits per heavy atom. The summed E-state index contributed by atoms with van der Waals surface area (Å²) in [6.07, 6.45) is 1.98. The van der Waals surface area contributed by atoms with E-state index in [1.165, 1.54) is 6.92 Å². The SMILES string of the molecule is CC(=O)NN(CCC(Cc1ccccc1)NC(=O)C(NC(=O)ON)C(C)(C)C)Cc1ccc(-c2ccccn2)cc1. The van der Waals surface area contributed by atoms with E-state index in [4.69, 9.17) is 5.90 Å². The van der Waals surface area contributed by atoms with E-state index >= 15 is 0 Å². The van der Waals surface area contributed by atoms with Crippen LogP contribution in [0.25, 0.3) is 11.3 Å². The molecule has 0 saturated heterocycles. The Bertz CT molecular complexity index is 1260. The van der Waals surface area contributed by atoms with Crippen LogP contribution in [-0.4, -0.2) is 46.5 Å². The zero-order chi connectivity index (χ0) is 29.8. The van der Waals surface area contributed by atoms with Gasteiger partial charge in [-0.15, -0.1) is 0 Å². The van der Waals surface area contributed by atoms with Gasteiger partial charge in [0.05, 0.1) is 5.69 Å². The minimum Gasteiger partial charge on any atom is -0.357 e. The molecule has 2 atom stereocenters. The number of nitrogens with one attached hydrogen (secondary N) is 3. The van der Waals surface area contributed by atoms with Crippen molar-refractivity contribution in [2.24, 2.45) is 11.3 Å². The number of carbonyl (C=O) groups excluding carboxylic acids is 3. The van der Waals surface area contributed by atoms with Crippen molar-refractivity contribution in [3.63, 3.8) is 0 Å². The van der Waals surface area contributed by atoms with Gasteiger partial charge >= 0.3 is 6.09 Å². The van der Waals surface area contributed by atoms with Crippen LogP contribution in [0.1, 0.15) is 45.2 Å². The number of nitrogens with zero attached hydrogens (tertiary/aromatic N) is 2. The van der Waals surface area contributed by atoms with Gasteiger partial charge in [-0.1, -0.05) is 81.4 Å². The van der Waals surface area contributed by atoms with Gasteiger partial charge < -0.3 is 15.5 Å². The minimum absolute atomic E-state index is 0.184. The highest BCUT2D eigenvalue weighted by Crippen LogP contribution is 2.21. The molecule has 0 aliphatic heterocycles. The van der Waals surface area contributed by atoms with Crippen molar-refractivity contribution in [1.29, 1.82) is 0 Å². The number of hydrogen-bond acceptors (Lipinski definition) is 7. The zero-order valence-electron chi connectivity index (χ0n) is 24.1. The fourth-order valence-corrected chi connectivity index (χ4v) is 4.48. The number of amides is 3. The van der Waals surface area contributed by atoms with E-state index in [9.17, 15) is 14.4 Å². The molecular weight excluding hydrogens is 520 g/mol. The van der Waals surface area contributed by atoms with E-state index in [0.717, 1.165) is 22.4 Å². The van der Waals surface area contributed by atoms with Gasteiger partial charge in [-0.05, 0) is 41.5 Å². The molecule has 2 aromatic carbocycles. The van der Waals surface area contributed by atoms with Crippen LogP contribution in [0, 0.1) is 5.41 Å². The first-order chi connectivity index (χ1) is 19.5. The van der Waals surface area contributed by atoms with Gasteiger partial charge in [0, 0.05) is 37.8 Å². The predicted octanol–water partition coefficient (Wildman–Crippen LogP) is 3.73. The quantitative estimate of drug-likeness (QED) is 0.248. The summed E-state index contributed by atoms with van der Waals surface area (Å²) in [6, 6.07) is 22.5. The van der Waals surface area contributed by atoms with Crippen LogP contribution < -0.4 is 22.0 Å². The second-order valence-corrected chi connectivity index (χ2v) is 11.0. The smallest absolute Gasteiger partial charge is 0.357 e. The van der Waals surface area contributed by atoms with E-state index in [1.807, 2.05) is 98.6 Å². The van der Waals surface area contributed by atoms with Gasteiger partial charge in [0.1, 0.15) is 6.04 Å². The van der Waals surface area contributed by atoms with E-state index < -0.39 is 17.6 Å². The van der Waals surface area contributed by atoms with Crippen molar-refractivity contribution >= 4 is 17.9 Å². The van der Waals surface area contributed by atoms with Crippen molar-refractivity contribution in [3.8, 4) is 11.3 Å².